The van der Waals surface area contributed by atoms with Gasteiger partial charge in [0, 0.05) is 13.5 Å². The number of carbonyl (C=O) groups is 2. The highest BCUT2D eigenvalue weighted by atomic mass is 32.2. The molecule has 0 unspecified atom stereocenters. The zero-order valence-corrected chi connectivity index (χ0v) is 15.6. The highest BCUT2D eigenvalue weighted by Crippen LogP contribution is 2.52. The molecule has 2 heterocycles. The maximum Gasteiger partial charge on any atom is 0.267 e. The standard InChI is InChI=1S/C15H19N3O5S2/c1-16-12(20)14(24-2)7-9-4-5-10(18(22)23)6-11(9)17(14)13(21)15(16,8-19)25-3/h4-6,19,22-23H,7-8H2,1-3H3/t14-,15-/m0/s1. The van der Waals surface area contributed by atoms with E-state index in [-0.39, 0.29) is 16.8 Å². The largest absolute Gasteiger partial charge is 0.392 e. The van der Waals surface area contributed by atoms with E-state index in [0.29, 0.717) is 12.1 Å². The number of carbonyl (C=O) groups excluding carboxylic acids is 2. The zero-order chi connectivity index (χ0) is 18.6. The van der Waals surface area contributed by atoms with E-state index >= 15 is 0 Å². The fraction of sp³-hybridized carbons (Fsp3) is 0.467. The van der Waals surface area contributed by atoms with Crippen molar-refractivity contribution in [2.45, 2.75) is 16.2 Å². The number of anilines is 2. The van der Waals surface area contributed by atoms with Gasteiger partial charge >= 0.3 is 0 Å². The summed E-state index contributed by atoms with van der Waals surface area (Å²) < 4.78 is 0. The van der Waals surface area contributed by atoms with Gasteiger partial charge in [0.25, 0.3) is 11.8 Å². The molecule has 0 radical (unpaired) electrons. The van der Waals surface area contributed by atoms with Gasteiger partial charge < -0.3 is 10.0 Å². The third-order valence-corrected chi connectivity index (χ3v) is 7.37. The fourth-order valence-electron chi connectivity index (χ4n) is 3.47. The second kappa shape index (κ2) is 6.06. The summed E-state index contributed by atoms with van der Waals surface area (Å²) in [4.78, 5) is 26.7. The van der Waals surface area contributed by atoms with Gasteiger partial charge in [0.15, 0.2) is 9.74 Å². The van der Waals surface area contributed by atoms with E-state index in [1.807, 2.05) is 0 Å². The third-order valence-electron chi connectivity index (χ3n) is 4.94. The van der Waals surface area contributed by atoms with E-state index in [4.69, 9.17) is 0 Å². The number of hydrogen-bond donors (Lipinski definition) is 3. The number of aliphatic hydroxyl groups is 1. The van der Waals surface area contributed by atoms with Crippen LogP contribution >= 0.6 is 23.5 Å². The molecule has 0 bridgehead atoms. The Labute approximate surface area is 153 Å². The van der Waals surface area contributed by atoms with Gasteiger partial charge in [-0.25, -0.2) is 0 Å². The highest BCUT2D eigenvalue weighted by Gasteiger charge is 2.64. The van der Waals surface area contributed by atoms with Gasteiger partial charge in [-0.15, -0.1) is 28.8 Å². The Kier molecular flexibility index (Phi) is 4.44. The summed E-state index contributed by atoms with van der Waals surface area (Å²) in [5.41, 5.74) is 1.27. The lowest BCUT2D eigenvalue weighted by Crippen LogP contribution is -2.74. The minimum atomic E-state index is -1.41. The van der Waals surface area contributed by atoms with Crippen molar-refractivity contribution in [3.8, 4) is 0 Å². The molecule has 2 amide bonds. The molecule has 1 fully saturated rings. The molecular formula is C15H19N3O5S2. The molecule has 0 saturated carbocycles. The smallest absolute Gasteiger partial charge is 0.267 e. The van der Waals surface area contributed by atoms with Crippen LogP contribution in [0.3, 0.4) is 0 Å². The van der Waals surface area contributed by atoms with Crippen LogP contribution in [0.15, 0.2) is 18.2 Å². The molecule has 1 aromatic carbocycles. The van der Waals surface area contributed by atoms with Crippen LogP contribution in [0.25, 0.3) is 0 Å². The molecular weight excluding hydrogens is 366 g/mol. The van der Waals surface area contributed by atoms with Gasteiger partial charge in [0.1, 0.15) is 0 Å². The molecule has 25 heavy (non-hydrogen) atoms. The number of likely N-dealkylation sites (N-methyl/N-ethyl adjacent to an activating group) is 1. The molecule has 2 aliphatic rings. The van der Waals surface area contributed by atoms with Gasteiger partial charge in [-0.3, -0.25) is 24.9 Å². The topological polar surface area (TPSA) is 105 Å². The number of aliphatic hydroxyl groups excluding tert-OH is 1. The van der Waals surface area contributed by atoms with Crippen LogP contribution < -0.4 is 10.1 Å². The molecule has 1 aromatic rings. The first-order valence-corrected chi connectivity index (χ1v) is 9.89. The molecule has 0 spiro atoms. The zero-order valence-electron chi connectivity index (χ0n) is 14.0. The lowest BCUT2D eigenvalue weighted by molar-refractivity contribution is -0.149. The highest BCUT2D eigenvalue weighted by molar-refractivity contribution is 8.01. The summed E-state index contributed by atoms with van der Waals surface area (Å²) in [6, 6.07) is 4.62. The number of thioether (sulfide) groups is 2. The fourth-order valence-corrected chi connectivity index (χ4v) is 5.20. The molecule has 0 aliphatic carbocycles. The average molecular weight is 385 g/mol. The lowest BCUT2D eigenvalue weighted by atomic mass is 10.0. The van der Waals surface area contributed by atoms with Crippen molar-refractivity contribution in [2.75, 3.05) is 36.3 Å². The Bertz CT molecular complexity index is 740. The van der Waals surface area contributed by atoms with E-state index < -0.39 is 22.3 Å². The summed E-state index contributed by atoms with van der Waals surface area (Å²) >= 11 is 2.36. The first-order chi connectivity index (χ1) is 11.8. The molecule has 3 rings (SSSR count). The summed E-state index contributed by atoms with van der Waals surface area (Å²) in [7, 11) is 1.53. The lowest BCUT2D eigenvalue weighted by Gasteiger charge is -2.52. The normalized spacial score (nSPS) is 28.2. The van der Waals surface area contributed by atoms with E-state index in [0.717, 1.165) is 17.3 Å². The van der Waals surface area contributed by atoms with Crippen molar-refractivity contribution in [3.63, 3.8) is 0 Å². The molecule has 2 atom stereocenters. The van der Waals surface area contributed by atoms with Crippen LogP contribution in [0.1, 0.15) is 5.56 Å². The number of fused-ring (bicyclic) bond motifs is 3. The first kappa shape index (κ1) is 18.3. The minimum absolute atomic E-state index is 0.0321. The molecule has 8 nitrogen and oxygen atoms in total. The molecule has 2 aliphatic heterocycles. The predicted octanol–water partition coefficient (Wildman–Crippen LogP) is 0.743. The number of rotatable bonds is 4. The van der Waals surface area contributed by atoms with Crippen LogP contribution in [-0.4, -0.2) is 68.1 Å². The number of piperazine rings is 1. The van der Waals surface area contributed by atoms with Gasteiger partial charge in [-0.1, -0.05) is 6.07 Å². The van der Waals surface area contributed by atoms with Crippen LogP contribution in [-0.2, 0) is 16.0 Å². The minimum Gasteiger partial charge on any atom is -0.392 e. The van der Waals surface area contributed by atoms with E-state index in [9.17, 15) is 25.1 Å². The van der Waals surface area contributed by atoms with Crippen molar-refractivity contribution in [3.05, 3.63) is 23.8 Å². The maximum absolute atomic E-state index is 13.4. The monoisotopic (exact) mass is 385 g/mol. The Balaban J connectivity index is 2.23. The van der Waals surface area contributed by atoms with Crippen LogP contribution in [0.2, 0.25) is 0 Å². The van der Waals surface area contributed by atoms with Crippen molar-refractivity contribution in [1.29, 1.82) is 0 Å². The van der Waals surface area contributed by atoms with Crippen LogP contribution in [0.4, 0.5) is 11.4 Å². The number of nitrogens with zero attached hydrogens (tertiary/aromatic N) is 3. The number of hydrogen-bond acceptors (Lipinski definition) is 8. The Hall–Kier alpha value is -1.46. The Morgan fingerprint density at radius 3 is 2.40 bits per heavy atom. The van der Waals surface area contributed by atoms with Crippen molar-refractivity contribution >= 4 is 46.7 Å². The van der Waals surface area contributed by atoms with Gasteiger partial charge in [-0.05, 0) is 30.2 Å². The van der Waals surface area contributed by atoms with Crippen LogP contribution in [0, 0.1) is 0 Å². The molecule has 3 N–H and O–H groups in total. The van der Waals surface area contributed by atoms with Crippen molar-refractivity contribution < 1.29 is 25.1 Å². The van der Waals surface area contributed by atoms with Crippen LogP contribution in [0.5, 0.6) is 0 Å². The summed E-state index contributed by atoms with van der Waals surface area (Å²) in [5.74, 6) is -0.678. The van der Waals surface area contributed by atoms with E-state index in [1.165, 1.54) is 40.7 Å². The van der Waals surface area contributed by atoms with E-state index in [2.05, 4.69) is 0 Å². The van der Waals surface area contributed by atoms with Crippen molar-refractivity contribution in [1.82, 2.24) is 4.90 Å². The van der Waals surface area contributed by atoms with Gasteiger partial charge in [0.2, 0.25) is 0 Å². The third kappa shape index (κ3) is 2.21. The molecule has 136 valence electrons. The summed E-state index contributed by atoms with van der Waals surface area (Å²) in [6.45, 7) is -0.517. The number of benzene rings is 1. The second-order valence-electron chi connectivity index (χ2n) is 5.92. The first-order valence-electron chi connectivity index (χ1n) is 7.44. The Morgan fingerprint density at radius 2 is 1.88 bits per heavy atom. The number of amides is 2. The summed E-state index contributed by atoms with van der Waals surface area (Å²) in [6.07, 6.45) is 3.74. The summed E-state index contributed by atoms with van der Waals surface area (Å²) in [5, 5.41) is 28.5. The molecule has 10 heteroatoms. The second-order valence-corrected chi connectivity index (χ2v) is 8.09. The maximum atomic E-state index is 13.4. The van der Waals surface area contributed by atoms with Gasteiger partial charge in [-0.2, -0.15) is 0 Å². The molecule has 1 saturated heterocycles. The van der Waals surface area contributed by atoms with Gasteiger partial charge in [0.05, 0.1) is 18.0 Å². The van der Waals surface area contributed by atoms with E-state index in [1.54, 1.807) is 18.6 Å². The quantitative estimate of drug-likeness (QED) is 0.652. The Morgan fingerprint density at radius 1 is 1.20 bits per heavy atom. The van der Waals surface area contributed by atoms with Crippen molar-refractivity contribution in [2.24, 2.45) is 0 Å². The molecule has 0 aromatic heterocycles. The average Bonchev–Trinajstić information content (AvgIpc) is 2.96. The predicted molar refractivity (Wildman–Crippen MR) is 96.0 cm³/mol. The SMILES string of the molecule is CS[C@@]1(CO)C(=O)N2c3cc(N(O)O)ccc3C[C@]2(SC)C(=O)N1C.